The Bertz CT molecular complexity index is 1500. The van der Waals surface area contributed by atoms with Gasteiger partial charge < -0.3 is 25.0 Å². The molecule has 1 fully saturated rings. The smallest absolute Gasteiger partial charge is 0.410 e. The minimum Gasteiger partial charge on any atom is -0.454 e. The lowest BCUT2D eigenvalue weighted by atomic mass is 10.1. The third kappa shape index (κ3) is 6.10. The number of hydrogen-bond donors (Lipinski definition) is 1. The van der Waals surface area contributed by atoms with Gasteiger partial charge in [-0.15, -0.1) is 11.7 Å². The first-order valence-corrected chi connectivity index (χ1v) is 12.5. The molecule has 0 radical (unpaired) electrons. The molecule has 0 atom stereocenters. The first-order chi connectivity index (χ1) is 19.3. The molecule has 2 N–H and O–H groups in total. The number of halogens is 2. The van der Waals surface area contributed by atoms with Crippen LogP contribution in [0.15, 0.2) is 55.1 Å². The average Bonchev–Trinajstić information content (AvgIpc) is 3.26. The zero-order valence-corrected chi connectivity index (χ0v) is 22.5. The fraction of sp³-hybridized carbons (Fsp3) is 0.296. The highest BCUT2D eigenvalue weighted by molar-refractivity contribution is 5.98. The van der Waals surface area contributed by atoms with Crippen molar-refractivity contribution in [2.24, 2.45) is 5.73 Å². The summed E-state index contributed by atoms with van der Waals surface area (Å²) in [4.78, 5) is 39.3. The lowest BCUT2D eigenvalue weighted by Gasteiger charge is -2.44. The van der Waals surface area contributed by atoms with Crippen LogP contribution in [0.3, 0.4) is 0 Å². The van der Waals surface area contributed by atoms with Gasteiger partial charge in [0.1, 0.15) is 11.4 Å². The number of hydrogen-bond acceptors (Lipinski definition) is 8. The number of nitrogens with zero attached hydrogens (tertiary/aromatic N) is 5. The minimum absolute atomic E-state index is 0.120. The Kier molecular flexibility index (Phi) is 7.94. The monoisotopic (exact) mass is 570 g/mol. The standard InChI is InChI=1S/C27H28F2N6O6/c1-5-13-33(17-14-32(15-17)26(37)41-27(2,3)4)25-23(35(38)39)22(24(30)36)34(31-25)16-9-11-18(12-10-16)40-20-8-6-7-19(28)21(20)29/h5-12,17H,1,13-15H2,2-4H3,(H2,30,36). The molecule has 2 aromatic carbocycles. The molecule has 216 valence electrons. The van der Waals surface area contributed by atoms with E-state index in [0.717, 1.165) is 10.7 Å². The number of likely N-dealkylation sites (tertiary alicyclic amines) is 1. The van der Waals surface area contributed by atoms with Gasteiger partial charge in [0, 0.05) is 19.6 Å². The molecule has 0 aliphatic carbocycles. The molecular formula is C27H28F2N6O6. The summed E-state index contributed by atoms with van der Waals surface area (Å²) in [5, 5.41) is 16.6. The van der Waals surface area contributed by atoms with E-state index in [9.17, 15) is 28.5 Å². The van der Waals surface area contributed by atoms with E-state index in [0.29, 0.717) is 0 Å². The third-order valence-corrected chi connectivity index (χ3v) is 6.04. The van der Waals surface area contributed by atoms with Crippen LogP contribution < -0.4 is 15.4 Å². The summed E-state index contributed by atoms with van der Waals surface area (Å²) < 4.78 is 39.3. The van der Waals surface area contributed by atoms with Crippen molar-refractivity contribution in [1.29, 1.82) is 0 Å². The highest BCUT2D eigenvalue weighted by Gasteiger charge is 2.42. The molecule has 12 nitrogen and oxygen atoms in total. The van der Waals surface area contributed by atoms with Crippen molar-refractivity contribution in [3.8, 4) is 17.2 Å². The molecule has 0 spiro atoms. The minimum atomic E-state index is -1.16. The van der Waals surface area contributed by atoms with E-state index < -0.39 is 45.5 Å². The summed E-state index contributed by atoms with van der Waals surface area (Å²) in [5.74, 6) is -3.69. The van der Waals surface area contributed by atoms with Crippen LogP contribution in [0, 0.1) is 21.7 Å². The van der Waals surface area contributed by atoms with E-state index in [1.165, 1.54) is 47.4 Å². The van der Waals surface area contributed by atoms with Crippen molar-refractivity contribution in [2.45, 2.75) is 32.4 Å². The van der Waals surface area contributed by atoms with E-state index in [4.69, 9.17) is 15.2 Å². The summed E-state index contributed by atoms with van der Waals surface area (Å²) in [6.45, 7) is 9.45. The zero-order chi connectivity index (χ0) is 30.1. The molecule has 14 heteroatoms. The van der Waals surface area contributed by atoms with Crippen molar-refractivity contribution in [3.05, 3.63) is 82.6 Å². The normalized spacial score (nSPS) is 13.3. The van der Waals surface area contributed by atoms with Crippen LogP contribution in [0.5, 0.6) is 11.5 Å². The van der Waals surface area contributed by atoms with Crippen molar-refractivity contribution in [1.82, 2.24) is 14.7 Å². The lowest BCUT2D eigenvalue weighted by molar-refractivity contribution is -0.384. The SMILES string of the molecule is C=CCN(c1nn(-c2ccc(Oc3cccc(F)c3F)cc2)c(C(N)=O)c1[N+](=O)[O-])C1CN(C(=O)OC(C)(C)C)C1. The third-order valence-electron chi connectivity index (χ3n) is 6.04. The number of aromatic nitrogens is 2. The van der Waals surface area contributed by atoms with Gasteiger partial charge in [-0.3, -0.25) is 14.9 Å². The molecular weight excluding hydrogens is 542 g/mol. The molecule has 0 unspecified atom stereocenters. The lowest BCUT2D eigenvalue weighted by Crippen LogP contribution is -2.62. The molecule has 2 heterocycles. The number of ether oxygens (including phenoxy) is 2. The maximum absolute atomic E-state index is 14.0. The second-order valence-corrected chi connectivity index (χ2v) is 10.2. The van der Waals surface area contributed by atoms with Crippen molar-refractivity contribution in [3.63, 3.8) is 0 Å². The number of primary amides is 1. The fourth-order valence-corrected chi connectivity index (χ4v) is 4.19. The van der Waals surface area contributed by atoms with E-state index in [2.05, 4.69) is 11.7 Å². The Labute approximate surface area is 233 Å². The molecule has 1 saturated heterocycles. The van der Waals surface area contributed by atoms with Gasteiger partial charge in [-0.1, -0.05) is 12.1 Å². The van der Waals surface area contributed by atoms with E-state index in [1.54, 1.807) is 25.7 Å². The topological polar surface area (TPSA) is 146 Å². The van der Waals surface area contributed by atoms with Crippen LogP contribution in [0.25, 0.3) is 5.69 Å². The number of benzene rings is 2. The largest absolute Gasteiger partial charge is 0.454 e. The van der Waals surface area contributed by atoms with Gasteiger partial charge in [0.15, 0.2) is 11.6 Å². The predicted molar refractivity (Wildman–Crippen MR) is 144 cm³/mol. The van der Waals surface area contributed by atoms with Crippen molar-refractivity contribution in [2.75, 3.05) is 24.5 Å². The van der Waals surface area contributed by atoms with Crippen LogP contribution in [-0.2, 0) is 4.74 Å². The molecule has 1 aliphatic rings. The van der Waals surface area contributed by atoms with E-state index >= 15 is 0 Å². The van der Waals surface area contributed by atoms with Crippen LogP contribution in [0.2, 0.25) is 0 Å². The Balaban J connectivity index is 1.67. The van der Waals surface area contributed by atoms with Gasteiger partial charge in [0.25, 0.3) is 5.91 Å². The number of rotatable bonds is 9. The Hall–Kier alpha value is -5.01. The summed E-state index contributed by atoms with van der Waals surface area (Å²) in [5.41, 5.74) is 4.00. The van der Waals surface area contributed by atoms with E-state index in [1.807, 2.05) is 0 Å². The average molecular weight is 571 g/mol. The maximum atomic E-state index is 14.0. The van der Waals surface area contributed by atoms with Crippen LogP contribution in [0.1, 0.15) is 31.3 Å². The zero-order valence-electron chi connectivity index (χ0n) is 22.5. The summed E-state index contributed by atoms with van der Waals surface area (Å²) >= 11 is 0. The molecule has 1 aromatic heterocycles. The number of carbonyl (C=O) groups is 2. The number of anilines is 1. The van der Waals surface area contributed by atoms with Crippen molar-refractivity contribution < 1.29 is 32.8 Å². The quantitative estimate of drug-likeness (QED) is 0.224. The number of nitro groups is 1. The van der Waals surface area contributed by atoms with Gasteiger partial charge in [0.2, 0.25) is 17.3 Å². The molecule has 4 rings (SSSR count). The van der Waals surface area contributed by atoms with Crippen molar-refractivity contribution >= 4 is 23.5 Å². The Morgan fingerprint density at radius 2 is 1.88 bits per heavy atom. The van der Waals surface area contributed by atoms with Gasteiger partial charge in [-0.25, -0.2) is 13.9 Å². The Morgan fingerprint density at radius 1 is 1.22 bits per heavy atom. The van der Waals surface area contributed by atoms with Gasteiger partial charge in [-0.05, 0) is 57.2 Å². The highest BCUT2D eigenvalue weighted by Crippen LogP contribution is 2.36. The van der Waals surface area contributed by atoms with E-state index in [-0.39, 0.29) is 48.7 Å². The number of carbonyl (C=O) groups excluding carboxylic acids is 2. The van der Waals surface area contributed by atoms with Crippen LogP contribution >= 0.6 is 0 Å². The molecule has 0 saturated carbocycles. The van der Waals surface area contributed by atoms with Crippen LogP contribution in [0.4, 0.5) is 25.1 Å². The fourth-order valence-electron chi connectivity index (χ4n) is 4.19. The molecule has 1 aliphatic heterocycles. The molecule has 41 heavy (non-hydrogen) atoms. The molecule has 3 aromatic rings. The number of amides is 2. The Morgan fingerprint density at radius 3 is 2.44 bits per heavy atom. The molecule has 2 amide bonds. The second kappa shape index (κ2) is 11.2. The second-order valence-electron chi connectivity index (χ2n) is 10.2. The maximum Gasteiger partial charge on any atom is 0.410 e. The summed E-state index contributed by atoms with van der Waals surface area (Å²) in [6.07, 6.45) is 0.992. The predicted octanol–water partition coefficient (Wildman–Crippen LogP) is 4.56. The number of nitrogens with two attached hydrogens (primary N) is 1. The first-order valence-electron chi connectivity index (χ1n) is 12.5. The molecule has 0 bridgehead atoms. The summed E-state index contributed by atoms with van der Waals surface area (Å²) in [6, 6.07) is 8.73. The summed E-state index contributed by atoms with van der Waals surface area (Å²) in [7, 11) is 0. The van der Waals surface area contributed by atoms with Gasteiger partial charge in [0.05, 0.1) is 16.7 Å². The highest BCUT2D eigenvalue weighted by atomic mass is 19.2. The van der Waals surface area contributed by atoms with Gasteiger partial charge >= 0.3 is 11.8 Å². The van der Waals surface area contributed by atoms with Crippen LogP contribution in [-0.4, -0.2) is 62.9 Å². The van der Waals surface area contributed by atoms with Gasteiger partial charge in [-0.2, -0.15) is 4.39 Å². The first kappa shape index (κ1) is 29.0.